The third-order valence-corrected chi connectivity index (χ3v) is 4.35. The summed E-state index contributed by atoms with van der Waals surface area (Å²) in [4.78, 5) is 6.86. The molecule has 19 heavy (non-hydrogen) atoms. The lowest BCUT2D eigenvalue weighted by atomic mass is 9.87. The molecule has 0 aliphatic carbocycles. The minimum atomic E-state index is -0.0816. The lowest BCUT2D eigenvalue weighted by molar-refractivity contribution is -0.145. The first-order valence-electron chi connectivity index (χ1n) is 7.08. The van der Waals surface area contributed by atoms with E-state index in [9.17, 15) is 0 Å². The zero-order chi connectivity index (χ0) is 13.3. The van der Waals surface area contributed by atoms with E-state index in [2.05, 4.69) is 16.1 Å². The minimum Gasteiger partial charge on any atom is -0.378 e. The number of imidazole rings is 1. The third-order valence-electron chi connectivity index (χ3n) is 4.35. The van der Waals surface area contributed by atoms with Crippen LogP contribution in [-0.4, -0.2) is 53.0 Å². The SMILES string of the molecule is CO[C@H]1CCN(Cc2cn(C)cn2)C[C@@]12CCCO2. The Morgan fingerprint density at radius 3 is 3.11 bits per heavy atom. The summed E-state index contributed by atoms with van der Waals surface area (Å²) in [7, 11) is 3.82. The van der Waals surface area contributed by atoms with Crippen LogP contribution >= 0.6 is 0 Å². The molecule has 2 fully saturated rings. The summed E-state index contributed by atoms with van der Waals surface area (Å²) in [5, 5.41) is 0. The molecule has 2 aliphatic rings. The molecule has 0 N–H and O–H groups in total. The number of methoxy groups -OCH3 is 1. The lowest BCUT2D eigenvalue weighted by Crippen LogP contribution is -2.56. The summed E-state index contributed by atoms with van der Waals surface area (Å²) in [5.41, 5.74) is 1.05. The van der Waals surface area contributed by atoms with Crippen molar-refractivity contribution >= 4 is 0 Å². The fourth-order valence-corrected chi connectivity index (χ4v) is 3.47. The number of aromatic nitrogens is 2. The monoisotopic (exact) mass is 265 g/mol. The minimum absolute atomic E-state index is 0.0816. The van der Waals surface area contributed by atoms with Gasteiger partial charge in [0.15, 0.2) is 0 Å². The summed E-state index contributed by atoms with van der Waals surface area (Å²) in [6, 6.07) is 0. The van der Waals surface area contributed by atoms with E-state index in [-0.39, 0.29) is 11.7 Å². The van der Waals surface area contributed by atoms with E-state index in [1.165, 1.54) is 0 Å². The molecule has 0 aromatic carbocycles. The van der Waals surface area contributed by atoms with Gasteiger partial charge in [-0.15, -0.1) is 0 Å². The van der Waals surface area contributed by atoms with Crippen LogP contribution in [0.3, 0.4) is 0 Å². The molecule has 0 radical (unpaired) electrons. The molecule has 106 valence electrons. The molecule has 2 saturated heterocycles. The average molecular weight is 265 g/mol. The maximum absolute atomic E-state index is 6.07. The van der Waals surface area contributed by atoms with Crippen molar-refractivity contribution in [3.05, 3.63) is 18.2 Å². The van der Waals surface area contributed by atoms with E-state index in [0.717, 1.165) is 51.2 Å². The molecule has 5 nitrogen and oxygen atoms in total. The molecule has 0 unspecified atom stereocenters. The van der Waals surface area contributed by atoms with E-state index in [4.69, 9.17) is 9.47 Å². The van der Waals surface area contributed by atoms with Gasteiger partial charge in [-0.2, -0.15) is 0 Å². The van der Waals surface area contributed by atoms with Gasteiger partial charge in [0.1, 0.15) is 5.60 Å². The van der Waals surface area contributed by atoms with Crippen molar-refractivity contribution in [2.75, 3.05) is 26.8 Å². The first kappa shape index (κ1) is 13.1. The molecule has 1 aromatic rings. The molecule has 2 aliphatic heterocycles. The van der Waals surface area contributed by atoms with Crippen molar-refractivity contribution in [1.82, 2.24) is 14.5 Å². The van der Waals surface area contributed by atoms with Crippen LogP contribution in [0.1, 0.15) is 25.0 Å². The molecular weight excluding hydrogens is 242 g/mol. The highest BCUT2D eigenvalue weighted by atomic mass is 16.5. The van der Waals surface area contributed by atoms with Crippen LogP contribution in [-0.2, 0) is 23.1 Å². The molecule has 0 amide bonds. The Hall–Kier alpha value is -0.910. The predicted octanol–water partition coefficient (Wildman–Crippen LogP) is 1.19. The van der Waals surface area contributed by atoms with Crippen LogP contribution in [0.15, 0.2) is 12.5 Å². The van der Waals surface area contributed by atoms with Gasteiger partial charge in [-0.05, 0) is 19.3 Å². The van der Waals surface area contributed by atoms with Crippen LogP contribution in [0, 0.1) is 0 Å². The third kappa shape index (κ3) is 2.55. The average Bonchev–Trinajstić information content (AvgIpc) is 3.00. The van der Waals surface area contributed by atoms with Gasteiger partial charge in [0.05, 0.1) is 18.1 Å². The van der Waals surface area contributed by atoms with Crippen LogP contribution in [0.5, 0.6) is 0 Å². The molecule has 1 spiro atoms. The fraction of sp³-hybridized carbons (Fsp3) is 0.786. The zero-order valence-electron chi connectivity index (χ0n) is 11.8. The highest BCUT2D eigenvalue weighted by molar-refractivity contribution is 5.02. The highest BCUT2D eigenvalue weighted by Gasteiger charge is 2.47. The molecule has 5 heteroatoms. The standard InChI is InChI=1S/C14H23N3O2/c1-16-8-12(15-11-16)9-17-6-4-13(18-2)14(10-17)5-3-7-19-14/h8,11,13H,3-7,9-10H2,1-2H3/t13-,14-/m0/s1. The first-order valence-corrected chi connectivity index (χ1v) is 7.08. The Labute approximate surface area is 114 Å². The van der Waals surface area contributed by atoms with Gasteiger partial charge in [0.2, 0.25) is 0 Å². The van der Waals surface area contributed by atoms with Gasteiger partial charge in [-0.25, -0.2) is 4.98 Å². The number of rotatable bonds is 3. The second kappa shape index (κ2) is 5.23. The van der Waals surface area contributed by atoms with Gasteiger partial charge in [0, 0.05) is 46.6 Å². The highest BCUT2D eigenvalue weighted by Crippen LogP contribution is 2.36. The molecule has 0 saturated carbocycles. The summed E-state index contributed by atoms with van der Waals surface area (Å²) in [5.74, 6) is 0. The first-order chi connectivity index (χ1) is 9.22. The second-order valence-corrected chi connectivity index (χ2v) is 5.77. The fourth-order valence-electron chi connectivity index (χ4n) is 3.47. The van der Waals surface area contributed by atoms with Gasteiger partial charge < -0.3 is 14.0 Å². The van der Waals surface area contributed by atoms with Gasteiger partial charge >= 0.3 is 0 Å². The van der Waals surface area contributed by atoms with E-state index in [1.807, 2.05) is 25.1 Å². The number of likely N-dealkylation sites (tertiary alicyclic amines) is 1. The molecule has 2 atom stereocenters. The summed E-state index contributed by atoms with van der Waals surface area (Å²) < 4.78 is 13.7. The van der Waals surface area contributed by atoms with Crippen molar-refractivity contribution < 1.29 is 9.47 Å². The molecular formula is C14H23N3O2. The van der Waals surface area contributed by atoms with Crippen LogP contribution < -0.4 is 0 Å². The number of ether oxygens (including phenoxy) is 2. The summed E-state index contributed by atoms with van der Waals surface area (Å²) in [6.45, 7) is 3.79. The topological polar surface area (TPSA) is 39.5 Å². The number of piperidine rings is 1. The molecule has 1 aromatic heterocycles. The zero-order valence-corrected chi connectivity index (χ0v) is 11.8. The Kier molecular flexibility index (Phi) is 3.60. The van der Waals surface area contributed by atoms with E-state index in [0.29, 0.717) is 0 Å². The van der Waals surface area contributed by atoms with Crippen LogP contribution in [0.2, 0.25) is 0 Å². The quantitative estimate of drug-likeness (QED) is 0.823. The van der Waals surface area contributed by atoms with Gasteiger partial charge in [0.25, 0.3) is 0 Å². The lowest BCUT2D eigenvalue weighted by Gasteiger charge is -2.44. The Bertz CT molecular complexity index is 426. The number of aryl methyl sites for hydroxylation is 1. The van der Waals surface area contributed by atoms with E-state index < -0.39 is 0 Å². The Morgan fingerprint density at radius 1 is 1.58 bits per heavy atom. The largest absolute Gasteiger partial charge is 0.378 e. The van der Waals surface area contributed by atoms with Gasteiger partial charge in [-0.1, -0.05) is 0 Å². The van der Waals surface area contributed by atoms with Gasteiger partial charge in [-0.3, -0.25) is 4.90 Å². The smallest absolute Gasteiger partial charge is 0.107 e. The van der Waals surface area contributed by atoms with Crippen molar-refractivity contribution in [3.8, 4) is 0 Å². The van der Waals surface area contributed by atoms with E-state index >= 15 is 0 Å². The maximum Gasteiger partial charge on any atom is 0.107 e. The summed E-state index contributed by atoms with van der Waals surface area (Å²) in [6.07, 6.45) is 7.50. The normalized spacial score (nSPS) is 32.2. The van der Waals surface area contributed by atoms with Crippen molar-refractivity contribution in [1.29, 1.82) is 0 Å². The van der Waals surface area contributed by atoms with Crippen LogP contribution in [0.4, 0.5) is 0 Å². The molecule has 3 heterocycles. The van der Waals surface area contributed by atoms with Crippen molar-refractivity contribution in [3.63, 3.8) is 0 Å². The van der Waals surface area contributed by atoms with E-state index in [1.54, 1.807) is 0 Å². The Morgan fingerprint density at radius 2 is 2.47 bits per heavy atom. The molecule has 0 bridgehead atoms. The van der Waals surface area contributed by atoms with Crippen molar-refractivity contribution in [2.45, 2.75) is 37.5 Å². The predicted molar refractivity (Wildman–Crippen MR) is 71.8 cm³/mol. The Balaban J connectivity index is 1.68. The number of hydrogen-bond donors (Lipinski definition) is 0. The van der Waals surface area contributed by atoms with Crippen molar-refractivity contribution in [2.24, 2.45) is 7.05 Å². The van der Waals surface area contributed by atoms with Crippen LogP contribution in [0.25, 0.3) is 0 Å². The number of hydrogen-bond acceptors (Lipinski definition) is 4. The molecule has 3 rings (SSSR count). The second-order valence-electron chi connectivity index (χ2n) is 5.77. The number of nitrogens with zero attached hydrogens (tertiary/aromatic N) is 3. The maximum atomic E-state index is 6.07. The summed E-state index contributed by atoms with van der Waals surface area (Å²) >= 11 is 0.